The first-order valence-corrected chi connectivity index (χ1v) is 8.30. The van der Waals surface area contributed by atoms with Gasteiger partial charge in [0.25, 0.3) is 0 Å². The minimum absolute atomic E-state index is 0. The highest BCUT2D eigenvalue weighted by atomic mass is 35.5. The van der Waals surface area contributed by atoms with Crippen LogP contribution in [0.5, 0.6) is 0 Å². The van der Waals surface area contributed by atoms with Crippen molar-refractivity contribution in [2.24, 2.45) is 11.1 Å². The fourth-order valence-electron chi connectivity index (χ4n) is 4.05. The topological polar surface area (TPSA) is 55.1 Å². The minimum Gasteiger partial charge on any atom is -0.349 e. The normalized spacial score (nSPS) is 22.5. The summed E-state index contributed by atoms with van der Waals surface area (Å²) in [5.74, 6) is 0.184. The van der Waals surface area contributed by atoms with Gasteiger partial charge in [-0.2, -0.15) is 0 Å². The molecule has 3 N–H and O–H groups in total. The van der Waals surface area contributed by atoms with Crippen molar-refractivity contribution in [3.05, 3.63) is 35.4 Å². The third-order valence-corrected chi connectivity index (χ3v) is 5.35. The largest absolute Gasteiger partial charge is 0.349 e. The Bertz CT molecular complexity index is 512. The smallest absolute Gasteiger partial charge is 0.221 e. The van der Waals surface area contributed by atoms with E-state index in [0.29, 0.717) is 13.0 Å². The molecule has 4 heteroatoms. The third-order valence-electron chi connectivity index (χ3n) is 5.35. The first-order valence-electron chi connectivity index (χ1n) is 8.30. The van der Waals surface area contributed by atoms with E-state index in [1.54, 1.807) is 0 Å². The van der Waals surface area contributed by atoms with Gasteiger partial charge in [-0.15, -0.1) is 12.4 Å². The lowest BCUT2D eigenvalue weighted by molar-refractivity contribution is -0.124. The van der Waals surface area contributed by atoms with Gasteiger partial charge in [-0.05, 0) is 48.8 Å². The summed E-state index contributed by atoms with van der Waals surface area (Å²) in [6.07, 6.45) is 8.65. The lowest BCUT2D eigenvalue weighted by atomic mass is 9.71. The van der Waals surface area contributed by atoms with Crippen molar-refractivity contribution in [2.75, 3.05) is 6.54 Å². The zero-order chi connectivity index (χ0) is 14.7. The molecule has 122 valence electrons. The maximum Gasteiger partial charge on any atom is 0.221 e. The zero-order valence-electron chi connectivity index (χ0n) is 13.1. The van der Waals surface area contributed by atoms with Gasteiger partial charge in [-0.3, -0.25) is 4.79 Å². The number of rotatable bonds is 4. The Morgan fingerprint density at radius 2 is 1.95 bits per heavy atom. The Hall–Kier alpha value is -1.06. The van der Waals surface area contributed by atoms with Crippen LogP contribution in [0, 0.1) is 5.41 Å². The average Bonchev–Trinajstić information content (AvgIpc) is 2.91. The first-order chi connectivity index (χ1) is 10.2. The molecule has 0 aromatic heterocycles. The molecule has 1 aromatic rings. The van der Waals surface area contributed by atoms with E-state index in [1.807, 2.05) is 0 Å². The fraction of sp³-hybridized carbons (Fsp3) is 0.611. The highest BCUT2D eigenvalue weighted by molar-refractivity contribution is 5.85. The SMILES string of the molecule is Cl.NCC1(CC(=O)NC2CCc3ccccc32)CCCCC1. The summed E-state index contributed by atoms with van der Waals surface area (Å²) in [6.45, 7) is 0.641. The molecule has 1 unspecified atom stereocenters. The highest BCUT2D eigenvalue weighted by Crippen LogP contribution is 2.39. The molecular weight excluding hydrogens is 296 g/mol. The summed E-state index contributed by atoms with van der Waals surface area (Å²) in [7, 11) is 0. The maximum absolute atomic E-state index is 12.5. The molecule has 1 amide bonds. The molecule has 2 aliphatic rings. The second-order valence-electron chi connectivity index (χ2n) is 6.80. The van der Waals surface area contributed by atoms with E-state index < -0.39 is 0 Å². The molecular formula is C18H27ClN2O. The molecule has 0 radical (unpaired) electrons. The van der Waals surface area contributed by atoms with E-state index in [2.05, 4.69) is 29.6 Å². The summed E-state index contributed by atoms with van der Waals surface area (Å²) in [5, 5.41) is 3.25. The minimum atomic E-state index is 0. The molecule has 1 atom stereocenters. The van der Waals surface area contributed by atoms with E-state index in [9.17, 15) is 4.79 Å². The molecule has 0 spiro atoms. The number of benzene rings is 1. The summed E-state index contributed by atoms with van der Waals surface area (Å²) >= 11 is 0. The van der Waals surface area contributed by atoms with E-state index in [0.717, 1.165) is 25.7 Å². The Morgan fingerprint density at radius 1 is 1.23 bits per heavy atom. The van der Waals surface area contributed by atoms with Crippen molar-refractivity contribution in [2.45, 2.75) is 57.4 Å². The number of nitrogens with two attached hydrogens (primary N) is 1. The van der Waals surface area contributed by atoms with Gasteiger partial charge in [0, 0.05) is 6.42 Å². The van der Waals surface area contributed by atoms with E-state index in [1.165, 1.54) is 30.4 Å². The predicted molar refractivity (Wildman–Crippen MR) is 92.1 cm³/mol. The summed E-state index contributed by atoms with van der Waals surface area (Å²) in [4.78, 5) is 12.5. The standard InChI is InChI=1S/C18H26N2O.ClH/c19-13-18(10-4-1-5-11-18)12-17(21)20-16-9-8-14-6-2-3-7-15(14)16;/h2-3,6-7,16H,1,4-5,8-13,19H2,(H,20,21);1H. The van der Waals surface area contributed by atoms with Crippen LogP contribution < -0.4 is 11.1 Å². The Kier molecular flexibility index (Phi) is 5.87. The van der Waals surface area contributed by atoms with E-state index in [-0.39, 0.29) is 29.8 Å². The van der Waals surface area contributed by atoms with Crippen molar-refractivity contribution in [1.29, 1.82) is 0 Å². The van der Waals surface area contributed by atoms with E-state index in [4.69, 9.17) is 5.73 Å². The van der Waals surface area contributed by atoms with E-state index >= 15 is 0 Å². The molecule has 0 bridgehead atoms. The van der Waals surface area contributed by atoms with Crippen molar-refractivity contribution in [3.8, 4) is 0 Å². The molecule has 2 aliphatic carbocycles. The van der Waals surface area contributed by atoms with Gasteiger partial charge in [0.15, 0.2) is 0 Å². The number of hydrogen-bond donors (Lipinski definition) is 2. The van der Waals surface area contributed by atoms with Gasteiger partial charge in [0.05, 0.1) is 6.04 Å². The van der Waals surface area contributed by atoms with Gasteiger partial charge in [-0.25, -0.2) is 0 Å². The number of halogens is 1. The van der Waals surface area contributed by atoms with Crippen molar-refractivity contribution >= 4 is 18.3 Å². The molecule has 1 aromatic carbocycles. The van der Waals surface area contributed by atoms with Gasteiger partial charge >= 0.3 is 0 Å². The molecule has 0 heterocycles. The number of fused-ring (bicyclic) bond motifs is 1. The van der Waals surface area contributed by atoms with Crippen LogP contribution in [-0.2, 0) is 11.2 Å². The number of amides is 1. The Balaban J connectivity index is 0.00000176. The lowest BCUT2D eigenvalue weighted by Crippen LogP contribution is -2.39. The van der Waals surface area contributed by atoms with Crippen LogP contribution in [0.1, 0.15) is 62.1 Å². The molecule has 22 heavy (non-hydrogen) atoms. The average molecular weight is 323 g/mol. The van der Waals surface area contributed by atoms with Crippen LogP contribution >= 0.6 is 12.4 Å². The van der Waals surface area contributed by atoms with Gasteiger partial charge in [0.1, 0.15) is 0 Å². The monoisotopic (exact) mass is 322 g/mol. The Morgan fingerprint density at radius 3 is 2.68 bits per heavy atom. The molecule has 0 aliphatic heterocycles. The first kappa shape index (κ1) is 17.3. The maximum atomic E-state index is 12.5. The quantitative estimate of drug-likeness (QED) is 0.891. The number of nitrogens with one attached hydrogen (secondary N) is 1. The van der Waals surface area contributed by atoms with Crippen molar-refractivity contribution in [3.63, 3.8) is 0 Å². The number of carbonyl (C=O) groups excluding carboxylic acids is 1. The van der Waals surface area contributed by atoms with Crippen molar-refractivity contribution < 1.29 is 4.79 Å². The van der Waals surface area contributed by atoms with Crippen LogP contribution in [-0.4, -0.2) is 12.5 Å². The van der Waals surface area contributed by atoms with Crippen LogP contribution in [0.4, 0.5) is 0 Å². The molecule has 1 fully saturated rings. The van der Waals surface area contributed by atoms with Gasteiger partial charge in [0.2, 0.25) is 5.91 Å². The van der Waals surface area contributed by atoms with Gasteiger partial charge in [-0.1, -0.05) is 43.5 Å². The van der Waals surface area contributed by atoms with Crippen LogP contribution in [0.2, 0.25) is 0 Å². The van der Waals surface area contributed by atoms with Crippen molar-refractivity contribution in [1.82, 2.24) is 5.32 Å². The molecule has 0 saturated heterocycles. The summed E-state index contributed by atoms with van der Waals surface area (Å²) in [5.41, 5.74) is 8.73. The van der Waals surface area contributed by atoms with Crippen LogP contribution in [0.15, 0.2) is 24.3 Å². The van der Waals surface area contributed by atoms with Gasteiger partial charge < -0.3 is 11.1 Å². The second kappa shape index (κ2) is 7.47. The number of hydrogen-bond acceptors (Lipinski definition) is 2. The predicted octanol–water partition coefficient (Wildman–Crippen LogP) is 3.51. The third kappa shape index (κ3) is 3.64. The fourth-order valence-corrected chi connectivity index (χ4v) is 4.05. The number of aryl methyl sites for hydroxylation is 1. The zero-order valence-corrected chi connectivity index (χ0v) is 14.0. The molecule has 3 nitrogen and oxygen atoms in total. The Labute approximate surface area is 139 Å². The summed E-state index contributed by atoms with van der Waals surface area (Å²) < 4.78 is 0. The molecule has 1 saturated carbocycles. The highest BCUT2D eigenvalue weighted by Gasteiger charge is 2.34. The van der Waals surface area contributed by atoms with Crippen LogP contribution in [0.25, 0.3) is 0 Å². The summed E-state index contributed by atoms with van der Waals surface area (Å²) in [6, 6.07) is 8.66. The molecule has 3 rings (SSSR count). The van der Waals surface area contributed by atoms with Crippen LogP contribution in [0.3, 0.4) is 0 Å². The lowest BCUT2D eigenvalue weighted by Gasteiger charge is -2.36. The second-order valence-corrected chi connectivity index (χ2v) is 6.80. The number of carbonyl (C=O) groups is 1.